The molecule has 0 atom stereocenters. The first-order valence-electron chi connectivity index (χ1n) is 7.26. The monoisotopic (exact) mass is 307 g/mol. The van der Waals surface area contributed by atoms with Gasteiger partial charge in [-0.3, -0.25) is 4.79 Å². The van der Waals surface area contributed by atoms with Gasteiger partial charge in [0.15, 0.2) is 0 Å². The van der Waals surface area contributed by atoms with Gasteiger partial charge in [0.2, 0.25) is 5.91 Å². The lowest BCUT2D eigenvalue weighted by molar-refractivity contribution is -0.124. The van der Waals surface area contributed by atoms with E-state index in [9.17, 15) is 4.79 Å². The fourth-order valence-corrected chi connectivity index (χ4v) is 3.17. The van der Waals surface area contributed by atoms with Crippen LogP contribution in [0.3, 0.4) is 0 Å². The van der Waals surface area contributed by atoms with Gasteiger partial charge in [-0.05, 0) is 31.7 Å². The predicted molar refractivity (Wildman–Crippen MR) is 82.9 cm³/mol. The number of carbonyl (C=O) groups is 1. The third kappa shape index (κ3) is 5.16. The van der Waals surface area contributed by atoms with Crippen molar-refractivity contribution >= 4 is 17.2 Å². The second-order valence-electron chi connectivity index (χ2n) is 5.16. The number of rotatable bonds is 6. The van der Waals surface area contributed by atoms with Crippen LogP contribution in [0.2, 0.25) is 0 Å². The van der Waals surface area contributed by atoms with Gasteiger partial charge >= 0.3 is 0 Å². The number of amides is 1. The summed E-state index contributed by atoms with van der Waals surface area (Å²) in [6.07, 6.45) is 2.95. The molecule has 1 aromatic heterocycles. The van der Waals surface area contributed by atoms with Crippen molar-refractivity contribution in [1.29, 1.82) is 0 Å². The third-order valence-electron chi connectivity index (χ3n) is 3.49. The second-order valence-corrected chi connectivity index (χ2v) is 6.15. The molecule has 1 aliphatic rings. The number of nitrogens with one attached hydrogen (secondary N) is 1. The van der Waals surface area contributed by atoms with Crippen molar-refractivity contribution < 1.29 is 14.6 Å². The molecule has 114 valence electrons. The average molecular weight is 307 g/mol. The molecule has 5 heteroatoms. The van der Waals surface area contributed by atoms with E-state index in [2.05, 4.69) is 17.2 Å². The first-order chi connectivity index (χ1) is 10.2. The molecular formula is C16H21NO3S. The van der Waals surface area contributed by atoms with Crippen LogP contribution in [0.25, 0.3) is 0 Å². The molecule has 2 rings (SSSR count). The van der Waals surface area contributed by atoms with Crippen LogP contribution in [0.15, 0.2) is 11.4 Å². The van der Waals surface area contributed by atoms with Gasteiger partial charge in [0.25, 0.3) is 0 Å². The molecule has 1 saturated carbocycles. The summed E-state index contributed by atoms with van der Waals surface area (Å²) in [4.78, 5) is 12.9. The van der Waals surface area contributed by atoms with Gasteiger partial charge in [0.05, 0.1) is 12.6 Å². The van der Waals surface area contributed by atoms with E-state index >= 15 is 0 Å². The van der Waals surface area contributed by atoms with E-state index in [1.165, 1.54) is 0 Å². The summed E-state index contributed by atoms with van der Waals surface area (Å²) < 4.78 is 5.49. The summed E-state index contributed by atoms with van der Waals surface area (Å²) in [7, 11) is 0. The lowest BCUT2D eigenvalue weighted by Gasteiger charge is -2.34. The number of aliphatic hydroxyl groups excluding tert-OH is 1. The van der Waals surface area contributed by atoms with E-state index in [4.69, 9.17) is 9.84 Å². The summed E-state index contributed by atoms with van der Waals surface area (Å²) in [6.45, 7) is 3.17. The SMILES string of the molecule is CCOC1CC(CC(=O)NCc2cc(C#CCO)cs2)C1. The van der Waals surface area contributed by atoms with Gasteiger partial charge in [0.1, 0.15) is 6.61 Å². The van der Waals surface area contributed by atoms with Crippen molar-refractivity contribution in [3.05, 3.63) is 21.9 Å². The van der Waals surface area contributed by atoms with Crippen LogP contribution >= 0.6 is 11.3 Å². The highest BCUT2D eigenvalue weighted by Gasteiger charge is 2.30. The lowest BCUT2D eigenvalue weighted by Crippen LogP contribution is -2.35. The minimum Gasteiger partial charge on any atom is -0.384 e. The normalized spacial score (nSPS) is 20.3. The molecule has 2 N–H and O–H groups in total. The Labute approximate surface area is 129 Å². The van der Waals surface area contributed by atoms with Gasteiger partial charge in [-0.25, -0.2) is 0 Å². The van der Waals surface area contributed by atoms with Crippen molar-refractivity contribution in [1.82, 2.24) is 5.32 Å². The number of aliphatic hydroxyl groups is 1. The molecule has 1 fully saturated rings. The van der Waals surface area contributed by atoms with Crippen LogP contribution in [0.4, 0.5) is 0 Å². The number of ether oxygens (including phenoxy) is 1. The van der Waals surface area contributed by atoms with E-state index in [1.807, 2.05) is 18.4 Å². The molecule has 0 aromatic carbocycles. The zero-order valence-electron chi connectivity index (χ0n) is 12.2. The van der Waals surface area contributed by atoms with Crippen molar-refractivity contribution in [3.8, 4) is 11.8 Å². The molecule has 21 heavy (non-hydrogen) atoms. The highest BCUT2D eigenvalue weighted by molar-refractivity contribution is 7.10. The summed E-state index contributed by atoms with van der Waals surface area (Å²) >= 11 is 1.57. The number of hydrogen-bond donors (Lipinski definition) is 2. The van der Waals surface area contributed by atoms with Crippen molar-refractivity contribution in [2.24, 2.45) is 5.92 Å². The van der Waals surface area contributed by atoms with Gasteiger partial charge in [-0.2, -0.15) is 0 Å². The van der Waals surface area contributed by atoms with Crippen LogP contribution in [0.5, 0.6) is 0 Å². The molecule has 0 aliphatic heterocycles. The molecular weight excluding hydrogens is 286 g/mol. The predicted octanol–water partition coefficient (Wildman–Crippen LogP) is 1.91. The summed E-state index contributed by atoms with van der Waals surface area (Å²) in [6, 6.07) is 1.95. The Morgan fingerprint density at radius 2 is 2.38 bits per heavy atom. The summed E-state index contributed by atoms with van der Waals surface area (Å²) in [5.41, 5.74) is 0.886. The molecule has 1 amide bonds. The Balaban J connectivity index is 1.66. The highest BCUT2D eigenvalue weighted by Crippen LogP contribution is 2.32. The summed E-state index contributed by atoms with van der Waals surface area (Å²) in [5.74, 6) is 6.04. The maximum Gasteiger partial charge on any atom is 0.220 e. The number of thiophene rings is 1. The Morgan fingerprint density at radius 3 is 3.10 bits per heavy atom. The van der Waals surface area contributed by atoms with Gasteiger partial charge in [-0.15, -0.1) is 11.3 Å². The maximum absolute atomic E-state index is 11.9. The first kappa shape index (κ1) is 16.0. The van der Waals surface area contributed by atoms with Crippen molar-refractivity contribution in [3.63, 3.8) is 0 Å². The Bertz CT molecular complexity index is 523. The second kappa shape index (κ2) is 8.18. The molecule has 1 aliphatic carbocycles. The van der Waals surface area contributed by atoms with Gasteiger partial charge in [-0.1, -0.05) is 11.8 Å². The molecule has 0 saturated heterocycles. The molecule has 1 aromatic rings. The van der Waals surface area contributed by atoms with Gasteiger partial charge in [0, 0.05) is 28.8 Å². The van der Waals surface area contributed by atoms with E-state index in [0.717, 1.165) is 29.9 Å². The average Bonchev–Trinajstić information content (AvgIpc) is 2.88. The molecule has 1 heterocycles. The minimum absolute atomic E-state index is 0.103. The molecule has 0 spiro atoms. The smallest absolute Gasteiger partial charge is 0.220 e. The van der Waals surface area contributed by atoms with Crippen molar-refractivity contribution in [2.75, 3.05) is 13.2 Å². The zero-order valence-corrected chi connectivity index (χ0v) is 13.0. The Morgan fingerprint density at radius 1 is 1.57 bits per heavy atom. The van der Waals surface area contributed by atoms with E-state index in [0.29, 0.717) is 25.0 Å². The van der Waals surface area contributed by atoms with E-state index in [1.54, 1.807) is 11.3 Å². The molecule has 4 nitrogen and oxygen atoms in total. The van der Waals surface area contributed by atoms with Crippen LogP contribution in [-0.4, -0.2) is 30.3 Å². The zero-order chi connectivity index (χ0) is 15.1. The highest BCUT2D eigenvalue weighted by atomic mass is 32.1. The molecule has 0 bridgehead atoms. The standard InChI is InChI=1S/C16H21NO3S/c1-2-20-14-6-13(7-14)9-16(19)17-10-15-8-12(11-21-15)4-3-5-18/h8,11,13-14,18H,2,5-7,9-10H2,1H3,(H,17,19). The van der Waals surface area contributed by atoms with Gasteiger partial charge < -0.3 is 15.2 Å². The topological polar surface area (TPSA) is 58.6 Å². The Hall–Kier alpha value is -1.35. The van der Waals surface area contributed by atoms with Crippen LogP contribution in [0.1, 0.15) is 36.6 Å². The quantitative estimate of drug-likeness (QED) is 0.789. The van der Waals surface area contributed by atoms with Crippen LogP contribution in [-0.2, 0) is 16.1 Å². The largest absolute Gasteiger partial charge is 0.384 e. The van der Waals surface area contributed by atoms with Crippen molar-refractivity contribution in [2.45, 2.75) is 38.8 Å². The van der Waals surface area contributed by atoms with E-state index < -0.39 is 0 Å². The number of hydrogen-bond acceptors (Lipinski definition) is 4. The molecule has 0 radical (unpaired) electrons. The maximum atomic E-state index is 11.9. The third-order valence-corrected chi connectivity index (χ3v) is 4.43. The Kier molecular flexibility index (Phi) is 6.24. The van der Waals surface area contributed by atoms with Crippen LogP contribution < -0.4 is 5.32 Å². The number of carbonyl (C=O) groups excluding carboxylic acids is 1. The molecule has 0 unspecified atom stereocenters. The fourth-order valence-electron chi connectivity index (χ4n) is 2.41. The van der Waals surface area contributed by atoms with E-state index in [-0.39, 0.29) is 12.5 Å². The minimum atomic E-state index is -0.133. The first-order valence-corrected chi connectivity index (χ1v) is 8.14. The van der Waals surface area contributed by atoms with Crippen LogP contribution in [0, 0.1) is 17.8 Å². The lowest BCUT2D eigenvalue weighted by atomic mass is 9.80. The summed E-state index contributed by atoms with van der Waals surface area (Å²) in [5, 5.41) is 13.5. The fraction of sp³-hybridized carbons (Fsp3) is 0.562.